The summed E-state index contributed by atoms with van der Waals surface area (Å²) in [6.07, 6.45) is -0.0327. The first kappa shape index (κ1) is 17.1. The van der Waals surface area contributed by atoms with Gasteiger partial charge in [-0.1, -0.05) is 30.3 Å². The average molecular weight is 295 g/mol. The van der Waals surface area contributed by atoms with Crippen LogP contribution in [0.25, 0.3) is 0 Å². The van der Waals surface area contributed by atoms with Gasteiger partial charge in [0, 0.05) is 0 Å². The first-order chi connectivity index (χ1) is 9.54. The van der Waals surface area contributed by atoms with Crippen LogP contribution < -0.4 is 5.73 Å². The fraction of sp³-hybridized carbons (Fsp3) is 0.467. The van der Waals surface area contributed by atoms with Crippen molar-refractivity contribution in [3.63, 3.8) is 0 Å². The average Bonchev–Trinajstić information content (AvgIpc) is 2.34. The van der Waals surface area contributed by atoms with Crippen LogP contribution in [-0.2, 0) is 20.7 Å². The van der Waals surface area contributed by atoms with Crippen molar-refractivity contribution in [1.82, 2.24) is 0 Å². The molecule has 2 atom stereocenters. The SMILES string of the molecule is CC(C)(C)OC(=O)C(Cc1ccccc1)[C@@](N)(O)C(=O)O. The Bertz CT molecular complexity index is 505. The number of carbonyl (C=O) groups is 2. The van der Waals surface area contributed by atoms with E-state index in [-0.39, 0.29) is 6.42 Å². The summed E-state index contributed by atoms with van der Waals surface area (Å²) in [4.78, 5) is 23.3. The molecular formula is C15H21NO5. The fourth-order valence-corrected chi connectivity index (χ4v) is 1.79. The molecule has 6 heteroatoms. The van der Waals surface area contributed by atoms with E-state index in [1.807, 2.05) is 0 Å². The molecule has 0 spiro atoms. The molecule has 0 saturated heterocycles. The molecular weight excluding hydrogens is 274 g/mol. The van der Waals surface area contributed by atoms with Gasteiger partial charge in [-0.2, -0.15) is 0 Å². The molecule has 1 unspecified atom stereocenters. The summed E-state index contributed by atoms with van der Waals surface area (Å²) < 4.78 is 5.17. The standard InChI is InChI=1S/C15H21NO5/c1-14(2,3)21-12(17)11(15(16,20)13(18)19)9-10-7-5-4-6-8-10/h4-8,11,20H,9,16H2,1-3H3,(H,18,19)/t11?,15-/m1/s1. The van der Waals surface area contributed by atoms with Crippen LogP contribution in [0, 0.1) is 5.92 Å². The van der Waals surface area contributed by atoms with Crippen molar-refractivity contribution in [2.75, 3.05) is 0 Å². The quantitative estimate of drug-likeness (QED) is 0.550. The molecule has 1 aromatic rings. The van der Waals surface area contributed by atoms with E-state index in [9.17, 15) is 14.7 Å². The van der Waals surface area contributed by atoms with Gasteiger partial charge < -0.3 is 14.9 Å². The Balaban J connectivity index is 3.06. The van der Waals surface area contributed by atoms with E-state index in [4.69, 9.17) is 15.6 Å². The van der Waals surface area contributed by atoms with Gasteiger partial charge in [0.2, 0.25) is 5.72 Å². The summed E-state index contributed by atoms with van der Waals surface area (Å²) in [5, 5.41) is 19.0. The predicted octanol–water partition coefficient (Wildman–Crippen LogP) is 0.919. The van der Waals surface area contributed by atoms with E-state index >= 15 is 0 Å². The number of rotatable bonds is 5. The Morgan fingerprint density at radius 2 is 1.76 bits per heavy atom. The smallest absolute Gasteiger partial charge is 0.351 e. The number of carboxylic acid groups (broad SMARTS) is 1. The summed E-state index contributed by atoms with van der Waals surface area (Å²) >= 11 is 0. The maximum Gasteiger partial charge on any atom is 0.351 e. The van der Waals surface area contributed by atoms with Crippen LogP contribution in [0.1, 0.15) is 26.3 Å². The first-order valence-electron chi connectivity index (χ1n) is 6.55. The number of carbonyl (C=O) groups excluding carboxylic acids is 1. The summed E-state index contributed by atoms with van der Waals surface area (Å²) in [5.41, 5.74) is 2.60. The zero-order valence-corrected chi connectivity index (χ0v) is 12.4. The highest BCUT2D eigenvalue weighted by Crippen LogP contribution is 2.23. The van der Waals surface area contributed by atoms with E-state index in [0.717, 1.165) is 0 Å². The lowest BCUT2D eigenvalue weighted by atomic mass is 9.89. The third-order valence-corrected chi connectivity index (χ3v) is 2.85. The van der Waals surface area contributed by atoms with Crippen molar-refractivity contribution < 1.29 is 24.5 Å². The molecule has 0 saturated carbocycles. The van der Waals surface area contributed by atoms with Crippen molar-refractivity contribution in [2.45, 2.75) is 38.5 Å². The molecule has 116 valence electrons. The molecule has 0 amide bonds. The van der Waals surface area contributed by atoms with Crippen LogP contribution in [0.3, 0.4) is 0 Å². The summed E-state index contributed by atoms with van der Waals surface area (Å²) in [6.45, 7) is 4.96. The summed E-state index contributed by atoms with van der Waals surface area (Å²) in [5.74, 6) is -3.93. The lowest BCUT2D eigenvalue weighted by Crippen LogP contribution is -2.58. The van der Waals surface area contributed by atoms with Crippen LogP contribution in [-0.4, -0.2) is 33.5 Å². The molecule has 1 aromatic carbocycles. The molecule has 0 aliphatic carbocycles. The van der Waals surface area contributed by atoms with Crippen molar-refractivity contribution in [1.29, 1.82) is 0 Å². The third kappa shape index (κ3) is 4.84. The second kappa shape index (κ2) is 6.24. The molecule has 0 aromatic heterocycles. The topological polar surface area (TPSA) is 110 Å². The van der Waals surface area contributed by atoms with Gasteiger partial charge in [0.15, 0.2) is 0 Å². The number of aliphatic carboxylic acids is 1. The fourth-order valence-electron chi connectivity index (χ4n) is 1.79. The second-order valence-electron chi connectivity index (χ2n) is 5.91. The van der Waals surface area contributed by atoms with Gasteiger partial charge in [0.1, 0.15) is 11.5 Å². The van der Waals surface area contributed by atoms with Gasteiger partial charge in [-0.3, -0.25) is 10.5 Å². The minimum absolute atomic E-state index is 0.0327. The predicted molar refractivity (Wildman–Crippen MR) is 76.3 cm³/mol. The lowest BCUT2D eigenvalue weighted by Gasteiger charge is -2.30. The molecule has 1 rings (SSSR count). The maximum atomic E-state index is 12.2. The Hall–Kier alpha value is -1.92. The van der Waals surface area contributed by atoms with Crippen LogP contribution >= 0.6 is 0 Å². The third-order valence-electron chi connectivity index (χ3n) is 2.85. The molecule has 0 fully saturated rings. The van der Waals surface area contributed by atoms with E-state index in [1.54, 1.807) is 51.1 Å². The van der Waals surface area contributed by atoms with Crippen LogP contribution in [0.2, 0.25) is 0 Å². The number of hydrogen-bond donors (Lipinski definition) is 3. The summed E-state index contributed by atoms with van der Waals surface area (Å²) in [7, 11) is 0. The number of benzene rings is 1. The largest absolute Gasteiger partial charge is 0.478 e. The van der Waals surface area contributed by atoms with Gasteiger partial charge in [0.05, 0.1) is 0 Å². The van der Waals surface area contributed by atoms with E-state index in [0.29, 0.717) is 5.56 Å². The molecule has 0 aliphatic heterocycles. The van der Waals surface area contributed by atoms with Crippen LogP contribution in [0.4, 0.5) is 0 Å². The zero-order valence-electron chi connectivity index (χ0n) is 12.4. The summed E-state index contributed by atoms with van der Waals surface area (Å²) in [6, 6.07) is 8.72. The van der Waals surface area contributed by atoms with Gasteiger partial charge >= 0.3 is 11.9 Å². The molecule has 4 N–H and O–H groups in total. The van der Waals surface area contributed by atoms with Gasteiger partial charge in [-0.05, 0) is 32.8 Å². The highest BCUT2D eigenvalue weighted by Gasteiger charge is 2.46. The molecule has 21 heavy (non-hydrogen) atoms. The molecule has 0 radical (unpaired) electrons. The minimum Gasteiger partial charge on any atom is -0.478 e. The number of aliphatic hydroxyl groups is 1. The molecule has 0 heterocycles. The van der Waals surface area contributed by atoms with Crippen molar-refractivity contribution in [3.05, 3.63) is 35.9 Å². The van der Waals surface area contributed by atoms with Crippen LogP contribution in [0.5, 0.6) is 0 Å². The van der Waals surface area contributed by atoms with E-state index in [1.165, 1.54) is 0 Å². The highest BCUT2D eigenvalue weighted by atomic mass is 16.6. The molecule has 0 aliphatic rings. The van der Waals surface area contributed by atoms with E-state index in [2.05, 4.69) is 0 Å². The number of esters is 1. The molecule has 0 bridgehead atoms. The Morgan fingerprint density at radius 1 is 1.24 bits per heavy atom. The Labute approximate surface area is 123 Å². The maximum absolute atomic E-state index is 12.2. The first-order valence-corrected chi connectivity index (χ1v) is 6.55. The highest BCUT2D eigenvalue weighted by molar-refractivity contribution is 5.86. The number of carboxylic acids is 1. The number of nitrogens with two attached hydrogens (primary N) is 1. The van der Waals surface area contributed by atoms with Crippen molar-refractivity contribution >= 4 is 11.9 Å². The van der Waals surface area contributed by atoms with Crippen molar-refractivity contribution in [3.8, 4) is 0 Å². The number of ether oxygens (including phenoxy) is 1. The normalized spacial score (nSPS) is 15.9. The monoisotopic (exact) mass is 295 g/mol. The van der Waals surface area contributed by atoms with Crippen molar-refractivity contribution in [2.24, 2.45) is 11.7 Å². The minimum atomic E-state index is -2.70. The van der Waals surface area contributed by atoms with Gasteiger partial charge in [0.25, 0.3) is 0 Å². The zero-order chi connectivity index (χ0) is 16.3. The molecule has 6 nitrogen and oxygen atoms in total. The Kier molecular flexibility index (Phi) is 5.09. The number of hydrogen-bond acceptors (Lipinski definition) is 5. The van der Waals surface area contributed by atoms with Crippen LogP contribution in [0.15, 0.2) is 30.3 Å². The van der Waals surface area contributed by atoms with E-state index < -0.39 is 29.2 Å². The lowest BCUT2D eigenvalue weighted by molar-refractivity contribution is -0.182. The van der Waals surface area contributed by atoms with Gasteiger partial charge in [-0.25, -0.2) is 4.79 Å². The second-order valence-corrected chi connectivity index (χ2v) is 5.91. The Morgan fingerprint density at radius 3 is 2.19 bits per heavy atom. The van der Waals surface area contributed by atoms with Gasteiger partial charge in [-0.15, -0.1) is 0 Å².